The molecule has 2 nitrogen and oxygen atoms in total. The molecule has 0 N–H and O–H groups in total. The number of hydrogen-bond acceptors (Lipinski definition) is 2. The van der Waals surface area contributed by atoms with E-state index in [4.69, 9.17) is 4.74 Å². The van der Waals surface area contributed by atoms with Crippen molar-refractivity contribution in [2.45, 2.75) is 19.3 Å². The van der Waals surface area contributed by atoms with Crippen LogP contribution in [-0.2, 0) is 6.42 Å². The third-order valence-corrected chi connectivity index (χ3v) is 5.49. The lowest BCUT2D eigenvalue weighted by molar-refractivity contribution is 0.0733. The van der Waals surface area contributed by atoms with Crippen LogP contribution in [-0.4, -0.2) is 5.97 Å². The molecule has 5 heteroatoms. The summed E-state index contributed by atoms with van der Waals surface area (Å²) in [6.45, 7) is 2.20. The highest BCUT2D eigenvalue weighted by molar-refractivity contribution is 5.91. The largest absolute Gasteiger partial charge is 0.423 e. The number of halogens is 3. The number of carbonyl (C=O) groups is 1. The van der Waals surface area contributed by atoms with Gasteiger partial charge in [-0.3, -0.25) is 0 Å². The molecule has 0 unspecified atom stereocenters. The van der Waals surface area contributed by atoms with Gasteiger partial charge in [0.15, 0.2) is 17.5 Å². The van der Waals surface area contributed by atoms with Gasteiger partial charge in [0.05, 0.1) is 5.56 Å². The van der Waals surface area contributed by atoms with E-state index in [1.807, 2.05) is 30.3 Å². The van der Waals surface area contributed by atoms with Crippen molar-refractivity contribution in [3.63, 3.8) is 0 Å². The van der Waals surface area contributed by atoms with Gasteiger partial charge in [-0.2, -0.15) is 0 Å². The zero-order chi connectivity index (χ0) is 23.4. The van der Waals surface area contributed by atoms with E-state index in [0.29, 0.717) is 18.1 Å². The lowest BCUT2D eigenvalue weighted by Crippen LogP contribution is -2.09. The highest BCUT2D eigenvalue weighted by Gasteiger charge is 2.15. The molecule has 1 atom stereocenters. The SMILES string of the molecule is C[C@@H](Cc1ccc(-c2ccc(C(=O)Oc3cc(F)c(F)c(F)c3)cc2)cc1)c1ccccc1. The van der Waals surface area contributed by atoms with Gasteiger partial charge in [-0.1, -0.05) is 73.7 Å². The fourth-order valence-electron chi connectivity index (χ4n) is 3.64. The Kier molecular flexibility index (Phi) is 6.59. The average molecular weight is 446 g/mol. The lowest BCUT2D eigenvalue weighted by atomic mass is 9.93. The van der Waals surface area contributed by atoms with Crippen molar-refractivity contribution in [2.75, 3.05) is 0 Å². The first kappa shape index (κ1) is 22.3. The second-order valence-corrected chi connectivity index (χ2v) is 7.88. The van der Waals surface area contributed by atoms with E-state index in [9.17, 15) is 18.0 Å². The van der Waals surface area contributed by atoms with Gasteiger partial charge in [-0.15, -0.1) is 0 Å². The molecular formula is C28H21F3O2. The van der Waals surface area contributed by atoms with Crippen LogP contribution in [0.1, 0.15) is 34.3 Å². The van der Waals surface area contributed by atoms with Gasteiger partial charge >= 0.3 is 5.97 Å². The van der Waals surface area contributed by atoms with E-state index >= 15 is 0 Å². The summed E-state index contributed by atoms with van der Waals surface area (Å²) in [5, 5.41) is 0. The van der Waals surface area contributed by atoms with Gasteiger partial charge in [-0.05, 0) is 46.7 Å². The number of benzene rings is 4. The van der Waals surface area contributed by atoms with Crippen molar-refractivity contribution in [3.8, 4) is 16.9 Å². The maximum absolute atomic E-state index is 13.3. The van der Waals surface area contributed by atoms with Crippen LogP contribution in [0, 0.1) is 17.5 Å². The third kappa shape index (κ3) is 5.32. The summed E-state index contributed by atoms with van der Waals surface area (Å²) >= 11 is 0. The van der Waals surface area contributed by atoms with Crippen LogP contribution in [0.25, 0.3) is 11.1 Å². The average Bonchev–Trinajstić information content (AvgIpc) is 2.83. The molecule has 0 aliphatic carbocycles. The minimum atomic E-state index is -1.61. The molecule has 0 fully saturated rings. The second-order valence-electron chi connectivity index (χ2n) is 7.88. The van der Waals surface area contributed by atoms with Crippen LogP contribution in [0.15, 0.2) is 91.0 Å². The first-order valence-electron chi connectivity index (χ1n) is 10.5. The van der Waals surface area contributed by atoms with Crippen molar-refractivity contribution >= 4 is 5.97 Å². The Hall–Kier alpha value is -3.86. The molecule has 166 valence electrons. The summed E-state index contributed by atoms with van der Waals surface area (Å²) in [6.07, 6.45) is 0.930. The Balaban J connectivity index is 1.42. The molecule has 0 heterocycles. The van der Waals surface area contributed by atoms with Crippen LogP contribution in [0.5, 0.6) is 5.75 Å². The molecule has 0 amide bonds. The molecule has 0 radical (unpaired) electrons. The standard InChI is InChI=1S/C28H21F3O2/c1-18(20-5-3-2-4-6-20)15-19-7-9-21(10-8-19)22-11-13-23(14-12-22)28(32)33-24-16-25(29)27(31)26(30)17-24/h2-14,16-18H,15H2,1H3/t18-/m0/s1. The molecule has 33 heavy (non-hydrogen) atoms. The van der Waals surface area contributed by atoms with Gasteiger partial charge < -0.3 is 4.74 Å². The molecule has 4 aromatic carbocycles. The fraction of sp³-hybridized carbons (Fsp3) is 0.107. The number of esters is 1. The minimum absolute atomic E-state index is 0.206. The van der Waals surface area contributed by atoms with Crippen molar-refractivity contribution in [2.24, 2.45) is 0 Å². The number of hydrogen-bond donors (Lipinski definition) is 0. The van der Waals surface area contributed by atoms with Crippen molar-refractivity contribution in [1.29, 1.82) is 0 Å². The van der Waals surface area contributed by atoms with E-state index in [1.54, 1.807) is 24.3 Å². The monoisotopic (exact) mass is 446 g/mol. The number of ether oxygens (including phenoxy) is 1. The number of carbonyl (C=O) groups excluding carboxylic acids is 1. The van der Waals surface area contributed by atoms with Gasteiger partial charge in [0, 0.05) is 12.1 Å². The van der Waals surface area contributed by atoms with Gasteiger partial charge in [0.2, 0.25) is 0 Å². The molecule has 4 aromatic rings. The Labute approximate surface area is 190 Å². The van der Waals surface area contributed by atoms with Gasteiger partial charge in [0.1, 0.15) is 5.75 Å². The summed E-state index contributed by atoms with van der Waals surface area (Å²) in [4.78, 5) is 12.3. The minimum Gasteiger partial charge on any atom is -0.423 e. The van der Waals surface area contributed by atoms with Crippen molar-refractivity contribution in [3.05, 3.63) is 125 Å². The Bertz CT molecular complexity index is 1230. The van der Waals surface area contributed by atoms with E-state index < -0.39 is 29.2 Å². The summed E-state index contributed by atoms with van der Waals surface area (Å²) in [6, 6.07) is 26.6. The predicted octanol–water partition coefficient (Wildman–Crippen LogP) is 7.34. The quantitative estimate of drug-likeness (QED) is 0.176. The molecule has 0 aromatic heterocycles. The van der Waals surface area contributed by atoms with E-state index in [1.165, 1.54) is 11.1 Å². The molecular weight excluding hydrogens is 425 g/mol. The molecule has 0 aliphatic rings. The predicted molar refractivity (Wildman–Crippen MR) is 122 cm³/mol. The molecule has 0 bridgehead atoms. The van der Waals surface area contributed by atoms with Crippen molar-refractivity contribution in [1.82, 2.24) is 0 Å². The van der Waals surface area contributed by atoms with E-state index in [2.05, 4.69) is 31.2 Å². The highest BCUT2D eigenvalue weighted by atomic mass is 19.2. The maximum Gasteiger partial charge on any atom is 0.343 e. The molecule has 0 spiro atoms. The van der Waals surface area contributed by atoms with Crippen LogP contribution >= 0.6 is 0 Å². The summed E-state index contributed by atoms with van der Waals surface area (Å²) in [5.74, 6) is -5.24. The smallest absolute Gasteiger partial charge is 0.343 e. The molecule has 0 saturated heterocycles. The molecule has 0 aliphatic heterocycles. The van der Waals surface area contributed by atoms with Gasteiger partial charge in [0.25, 0.3) is 0 Å². The van der Waals surface area contributed by atoms with Crippen molar-refractivity contribution < 1.29 is 22.7 Å². The fourth-order valence-corrected chi connectivity index (χ4v) is 3.64. The zero-order valence-corrected chi connectivity index (χ0v) is 17.9. The first-order valence-corrected chi connectivity index (χ1v) is 10.5. The molecule has 0 saturated carbocycles. The number of rotatable bonds is 6. The van der Waals surface area contributed by atoms with Crippen LogP contribution in [0.4, 0.5) is 13.2 Å². The van der Waals surface area contributed by atoms with Crippen LogP contribution < -0.4 is 4.74 Å². The molecule has 4 rings (SSSR count). The van der Waals surface area contributed by atoms with E-state index in [0.717, 1.165) is 17.5 Å². The van der Waals surface area contributed by atoms with Crippen LogP contribution in [0.2, 0.25) is 0 Å². The third-order valence-electron chi connectivity index (χ3n) is 5.49. The van der Waals surface area contributed by atoms with Gasteiger partial charge in [-0.25, -0.2) is 18.0 Å². The maximum atomic E-state index is 13.3. The normalized spacial score (nSPS) is 11.8. The summed E-state index contributed by atoms with van der Waals surface area (Å²) in [5.41, 5.74) is 4.64. The zero-order valence-electron chi connectivity index (χ0n) is 17.9. The Morgan fingerprint density at radius 3 is 1.91 bits per heavy atom. The topological polar surface area (TPSA) is 26.3 Å². The summed E-state index contributed by atoms with van der Waals surface area (Å²) in [7, 11) is 0. The first-order chi connectivity index (χ1) is 15.9. The summed E-state index contributed by atoms with van der Waals surface area (Å²) < 4.78 is 44.6. The van der Waals surface area contributed by atoms with Crippen LogP contribution in [0.3, 0.4) is 0 Å². The Morgan fingerprint density at radius 2 is 1.33 bits per heavy atom. The highest BCUT2D eigenvalue weighted by Crippen LogP contribution is 2.25. The lowest BCUT2D eigenvalue weighted by Gasteiger charge is -2.12. The second kappa shape index (κ2) is 9.74. The van der Waals surface area contributed by atoms with E-state index in [-0.39, 0.29) is 5.56 Å². The Morgan fingerprint density at radius 1 is 0.788 bits per heavy atom.